The van der Waals surface area contributed by atoms with Crippen molar-refractivity contribution in [1.82, 2.24) is 0 Å². The van der Waals surface area contributed by atoms with Gasteiger partial charge in [-0.25, -0.2) is 4.79 Å². The number of anilines is 2. The van der Waals surface area contributed by atoms with E-state index in [-0.39, 0.29) is 17.4 Å². The summed E-state index contributed by atoms with van der Waals surface area (Å²) in [5, 5.41) is 4.05. The third-order valence-corrected chi connectivity index (χ3v) is 5.42. The van der Waals surface area contributed by atoms with E-state index in [0.29, 0.717) is 27.4 Å². The molecule has 0 bridgehead atoms. The average molecular weight is 308 g/mol. The molecule has 0 saturated heterocycles. The van der Waals surface area contributed by atoms with E-state index in [9.17, 15) is 9.59 Å². The highest BCUT2D eigenvalue weighted by molar-refractivity contribution is 7.19. The van der Waals surface area contributed by atoms with Crippen LogP contribution < -0.4 is 11.1 Å². The molecule has 2 fully saturated rings. The number of ketones is 1. The van der Waals surface area contributed by atoms with Gasteiger partial charge in [-0.3, -0.25) is 4.79 Å². The zero-order valence-electron chi connectivity index (χ0n) is 12.3. The van der Waals surface area contributed by atoms with Crippen molar-refractivity contribution in [2.75, 3.05) is 18.2 Å². The second kappa shape index (κ2) is 5.33. The van der Waals surface area contributed by atoms with Crippen molar-refractivity contribution < 1.29 is 14.3 Å². The van der Waals surface area contributed by atoms with Gasteiger partial charge >= 0.3 is 5.97 Å². The molecule has 5 nitrogen and oxygen atoms in total. The summed E-state index contributed by atoms with van der Waals surface area (Å²) < 4.78 is 4.82. The molecular weight excluding hydrogens is 288 g/mol. The van der Waals surface area contributed by atoms with E-state index in [1.165, 1.54) is 18.4 Å². The van der Waals surface area contributed by atoms with Gasteiger partial charge in [-0.2, -0.15) is 0 Å². The minimum atomic E-state index is -0.477. The van der Waals surface area contributed by atoms with Crippen molar-refractivity contribution in [1.29, 1.82) is 0 Å². The van der Waals surface area contributed by atoms with Crippen molar-refractivity contribution in [2.24, 2.45) is 11.8 Å². The fourth-order valence-electron chi connectivity index (χ4n) is 2.61. The number of hydrogen-bond donors (Lipinski definition) is 2. The van der Waals surface area contributed by atoms with Crippen LogP contribution in [0.2, 0.25) is 0 Å². The predicted octanol–water partition coefficient (Wildman–Crippen LogP) is 2.92. The first-order valence-electron chi connectivity index (χ1n) is 7.38. The Bertz CT molecular complexity index is 592. The van der Waals surface area contributed by atoms with E-state index in [1.807, 2.05) is 0 Å². The summed E-state index contributed by atoms with van der Waals surface area (Å²) in [6.45, 7) is 2.15. The van der Waals surface area contributed by atoms with E-state index < -0.39 is 5.97 Å². The number of ether oxygens (including phenoxy) is 1. The van der Waals surface area contributed by atoms with Gasteiger partial charge in [0.1, 0.15) is 10.6 Å². The predicted molar refractivity (Wildman–Crippen MR) is 82.9 cm³/mol. The molecule has 0 radical (unpaired) electrons. The lowest BCUT2D eigenvalue weighted by molar-refractivity contribution is 0.0603. The Morgan fingerprint density at radius 3 is 2.67 bits per heavy atom. The average Bonchev–Trinajstić information content (AvgIpc) is 3.37. The van der Waals surface area contributed by atoms with Crippen LogP contribution in [0, 0.1) is 11.8 Å². The van der Waals surface area contributed by atoms with Crippen LogP contribution in [0.25, 0.3) is 0 Å². The summed E-state index contributed by atoms with van der Waals surface area (Å²) in [4.78, 5) is 24.8. The normalized spacial score (nSPS) is 23.7. The molecule has 3 rings (SSSR count). The van der Waals surface area contributed by atoms with Gasteiger partial charge in [-0.05, 0) is 25.2 Å². The smallest absolute Gasteiger partial charge is 0.343 e. The minimum absolute atomic E-state index is 0.0681. The second-order valence-electron chi connectivity index (χ2n) is 5.83. The first-order chi connectivity index (χ1) is 10.1. The molecule has 2 saturated carbocycles. The van der Waals surface area contributed by atoms with E-state index in [2.05, 4.69) is 12.2 Å². The minimum Gasteiger partial charge on any atom is -0.465 e. The molecule has 2 unspecified atom stereocenters. The van der Waals surface area contributed by atoms with Crippen LogP contribution in [-0.4, -0.2) is 24.9 Å². The number of carbonyl (C=O) groups is 2. The molecular formula is C15H20N2O3S. The van der Waals surface area contributed by atoms with Gasteiger partial charge in [0.05, 0.1) is 17.7 Å². The van der Waals surface area contributed by atoms with Crippen LogP contribution >= 0.6 is 11.3 Å². The Hall–Kier alpha value is -1.56. The Kier molecular flexibility index (Phi) is 3.65. The standard InChI is InChI=1S/C15H20N2O3S/c1-3-7-6-9(7)17-14-10(15(19)20-2)11(16)13(21-14)12(18)8-4-5-8/h7-9,17H,3-6,16H2,1-2H3. The molecule has 6 heteroatoms. The van der Waals surface area contributed by atoms with Gasteiger partial charge < -0.3 is 15.8 Å². The molecule has 3 N–H and O–H groups in total. The van der Waals surface area contributed by atoms with Gasteiger partial charge in [-0.1, -0.05) is 13.3 Å². The Balaban J connectivity index is 1.90. The van der Waals surface area contributed by atoms with E-state index in [4.69, 9.17) is 10.5 Å². The Morgan fingerprint density at radius 1 is 1.43 bits per heavy atom. The van der Waals surface area contributed by atoms with E-state index >= 15 is 0 Å². The molecule has 0 amide bonds. The number of nitrogens with two attached hydrogens (primary N) is 1. The monoisotopic (exact) mass is 308 g/mol. The molecule has 21 heavy (non-hydrogen) atoms. The van der Waals surface area contributed by atoms with Crippen LogP contribution in [0.1, 0.15) is 52.6 Å². The van der Waals surface area contributed by atoms with Gasteiger partial charge in [0.15, 0.2) is 5.78 Å². The second-order valence-corrected chi connectivity index (χ2v) is 6.85. The maximum absolute atomic E-state index is 12.3. The summed E-state index contributed by atoms with van der Waals surface area (Å²) in [6.07, 6.45) is 4.06. The highest BCUT2D eigenvalue weighted by atomic mass is 32.1. The summed E-state index contributed by atoms with van der Waals surface area (Å²) in [7, 11) is 1.33. The van der Waals surface area contributed by atoms with Crippen LogP contribution in [0.3, 0.4) is 0 Å². The third-order valence-electron chi connectivity index (χ3n) is 4.27. The lowest BCUT2D eigenvalue weighted by Gasteiger charge is -2.06. The third kappa shape index (κ3) is 2.64. The maximum Gasteiger partial charge on any atom is 0.343 e. The zero-order valence-corrected chi connectivity index (χ0v) is 13.1. The lowest BCUT2D eigenvalue weighted by Crippen LogP contribution is -2.11. The van der Waals surface area contributed by atoms with Crippen molar-refractivity contribution in [3.05, 3.63) is 10.4 Å². The number of rotatable bonds is 6. The van der Waals surface area contributed by atoms with Crippen molar-refractivity contribution in [2.45, 2.75) is 38.6 Å². The van der Waals surface area contributed by atoms with E-state index in [0.717, 1.165) is 25.7 Å². The van der Waals surface area contributed by atoms with Gasteiger partial charge in [0.2, 0.25) is 0 Å². The van der Waals surface area contributed by atoms with Crippen LogP contribution in [-0.2, 0) is 4.74 Å². The van der Waals surface area contributed by atoms with Crippen LogP contribution in [0.4, 0.5) is 10.7 Å². The van der Waals surface area contributed by atoms with Gasteiger partial charge in [-0.15, -0.1) is 11.3 Å². The number of nitrogen functional groups attached to an aromatic ring is 1. The zero-order chi connectivity index (χ0) is 15.1. The number of hydrogen-bond acceptors (Lipinski definition) is 6. The van der Waals surface area contributed by atoms with Gasteiger partial charge in [0, 0.05) is 12.0 Å². The van der Waals surface area contributed by atoms with Crippen molar-refractivity contribution >= 4 is 33.8 Å². The lowest BCUT2D eigenvalue weighted by atomic mass is 10.1. The fraction of sp³-hybridized carbons (Fsp3) is 0.600. The molecule has 1 aromatic rings. The van der Waals surface area contributed by atoms with Gasteiger partial charge in [0.25, 0.3) is 0 Å². The molecule has 114 valence electrons. The molecule has 1 aromatic heterocycles. The van der Waals surface area contributed by atoms with Crippen LogP contribution in [0.5, 0.6) is 0 Å². The Morgan fingerprint density at radius 2 is 2.14 bits per heavy atom. The quantitative estimate of drug-likeness (QED) is 0.624. The largest absolute Gasteiger partial charge is 0.465 e. The first-order valence-corrected chi connectivity index (χ1v) is 8.19. The summed E-state index contributed by atoms with van der Waals surface area (Å²) >= 11 is 1.30. The van der Waals surface area contributed by atoms with E-state index in [1.54, 1.807) is 0 Å². The highest BCUT2D eigenvalue weighted by Gasteiger charge is 2.39. The van der Waals surface area contributed by atoms with Crippen molar-refractivity contribution in [3.8, 4) is 0 Å². The number of nitrogens with one attached hydrogen (secondary N) is 1. The SMILES string of the molecule is CCC1CC1Nc1sc(C(=O)C2CC2)c(N)c1C(=O)OC. The topological polar surface area (TPSA) is 81.4 Å². The number of methoxy groups -OCH3 is 1. The fourth-order valence-corrected chi connectivity index (χ4v) is 3.80. The molecule has 1 heterocycles. The molecule has 0 aliphatic heterocycles. The summed E-state index contributed by atoms with van der Waals surface area (Å²) in [5.74, 6) is 0.323. The van der Waals surface area contributed by atoms with Crippen molar-refractivity contribution in [3.63, 3.8) is 0 Å². The number of Topliss-reactive ketones (excluding diaryl/α,β-unsaturated/α-hetero) is 1. The number of thiophene rings is 1. The molecule has 0 spiro atoms. The summed E-state index contributed by atoms with van der Waals surface area (Å²) in [5.41, 5.74) is 6.66. The van der Waals surface area contributed by atoms with Crippen LogP contribution in [0.15, 0.2) is 0 Å². The molecule has 2 atom stereocenters. The number of esters is 1. The maximum atomic E-state index is 12.3. The molecule has 2 aliphatic rings. The number of carbonyl (C=O) groups excluding carboxylic acids is 2. The highest BCUT2D eigenvalue weighted by Crippen LogP contribution is 2.45. The Labute approximate surface area is 127 Å². The first kappa shape index (κ1) is 14.4. The summed E-state index contributed by atoms with van der Waals surface area (Å²) in [6, 6.07) is 0.375. The molecule has 2 aliphatic carbocycles. The molecule has 0 aromatic carbocycles.